The predicted octanol–water partition coefficient (Wildman–Crippen LogP) is 3.33. The summed E-state index contributed by atoms with van der Waals surface area (Å²) in [6.07, 6.45) is 6.97. The molecule has 0 saturated carbocycles. The van der Waals surface area contributed by atoms with Gasteiger partial charge in [-0.15, -0.1) is 0 Å². The number of nitrogens with one attached hydrogen (secondary N) is 1. The van der Waals surface area contributed by atoms with Crippen LogP contribution in [0.1, 0.15) is 66.2 Å². The van der Waals surface area contributed by atoms with Gasteiger partial charge in [0, 0.05) is 12.5 Å². The Bertz CT molecular complexity index is 229. The molecule has 0 aliphatic rings. The number of amides is 1. The molecule has 0 bridgehead atoms. The van der Waals surface area contributed by atoms with E-state index < -0.39 is 0 Å². The van der Waals surface area contributed by atoms with Crippen molar-refractivity contribution in [1.29, 1.82) is 0 Å². The Morgan fingerprint density at radius 3 is 2.37 bits per heavy atom. The second-order valence-corrected chi connectivity index (χ2v) is 6.12. The van der Waals surface area contributed by atoms with E-state index in [1.165, 1.54) is 25.7 Å². The van der Waals surface area contributed by atoms with Crippen molar-refractivity contribution < 1.29 is 4.79 Å². The minimum Gasteiger partial charge on any atom is -0.356 e. The van der Waals surface area contributed by atoms with Crippen LogP contribution in [0.4, 0.5) is 0 Å². The maximum atomic E-state index is 12.2. The Morgan fingerprint density at radius 2 is 1.84 bits per heavy atom. The summed E-state index contributed by atoms with van der Waals surface area (Å²) in [5.41, 5.74) is 5.45. The quantitative estimate of drug-likeness (QED) is 0.566. The number of nitrogens with two attached hydrogens (primary N) is 1. The van der Waals surface area contributed by atoms with Crippen LogP contribution in [0.15, 0.2) is 0 Å². The average molecular weight is 270 g/mol. The molecule has 0 saturated heterocycles. The van der Waals surface area contributed by atoms with Gasteiger partial charge in [-0.25, -0.2) is 0 Å². The maximum absolute atomic E-state index is 12.2. The minimum atomic E-state index is 0.148. The van der Waals surface area contributed by atoms with Crippen LogP contribution in [0.5, 0.6) is 0 Å². The SMILES string of the molecule is CCCCCC(C)CC(C(=O)NCCCN)C(C)C. The van der Waals surface area contributed by atoms with Gasteiger partial charge in [-0.1, -0.05) is 53.4 Å². The molecule has 0 aromatic heterocycles. The van der Waals surface area contributed by atoms with Crippen LogP contribution >= 0.6 is 0 Å². The lowest BCUT2D eigenvalue weighted by molar-refractivity contribution is -0.126. The van der Waals surface area contributed by atoms with Gasteiger partial charge in [0.05, 0.1) is 0 Å². The molecule has 3 heteroatoms. The summed E-state index contributed by atoms with van der Waals surface area (Å²) in [4.78, 5) is 12.2. The van der Waals surface area contributed by atoms with Gasteiger partial charge in [-0.3, -0.25) is 4.79 Å². The van der Waals surface area contributed by atoms with Gasteiger partial charge in [-0.05, 0) is 31.2 Å². The van der Waals surface area contributed by atoms with E-state index in [0.29, 0.717) is 24.9 Å². The zero-order chi connectivity index (χ0) is 14.7. The molecular formula is C16H34N2O. The highest BCUT2D eigenvalue weighted by molar-refractivity contribution is 5.78. The smallest absolute Gasteiger partial charge is 0.223 e. The first-order chi connectivity index (χ1) is 9.02. The molecule has 0 aliphatic carbocycles. The highest BCUT2D eigenvalue weighted by Crippen LogP contribution is 2.24. The molecule has 3 nitrogen and oxygen atoms in total. The van der Waals surface area contributed by atoms with Crippen LogP contribution in [-0.4, -0.2) is 19.0 Å². The summed E-state index contributed by atoms with van der Waals surface area (Å²) in [5, 5.41) is 3.02. The topological polar surface area (TPSA) is 55.1 Å². The highest BCUT2D eigenvalue weighted by atomic mass is 16.1. The lowest BCUT2D eigenvalue weighted by Crippen LogP contribution is -2.35. The first-order valence-corrected chi connectivity index (χ1v) is 8.00. The number of hydrogen-bond donors (Lipinski definition) is 2. The van der Waals surface area contributed by atoms with E-state index in [1.807, 2.05) is 0 Å². The Balaban J connectivity index is 4.12. The van der Waals surface area contributed by atoms with Gasteiger partial charge in [0.25, 0.3) is 0 Å². The van der Waals surface area contributed by atoms with E-state index in [-0.39, 0.29) is 11.8 Å². The molecule has 2 atom stereocenters. The number of unbranched alkanes of at least 4 members (excludes halogenated alkanes) is 2. The van der Waals surface area contributed by atoms with E-state index in [1.54, 1.807) is 0 Å². The molecule has 0 aromatic rings. The molecule has 0 rings (SSSR count). The van der Waals surface area contributed by atoms with Crippen molar-refractivity contribution >= 4 is 5.91 Å². The number of hydrogen-bond acceptors (Lipinski definition) is 2. The van der Waals surface area contributed by atoms with E-state index >= 15 is 0 Å². The Kier molecular flexibility index (Phi) is 10.9. The van der Waals surface area contributed by atoms with Crippen molar-refractivity contribution in [3.05, 3.63) is 0 Å². The Morgan fingerprint density at radius 1 is 1.16 bits per heavy atom. The van der Waals surface area contributed by atoms with Crippen molar-refractivity contribution in [3.8, 4) is 0 Å². The number of rotatable bonds is 11. The fourth-order valence-corrected chi connectivity index (χ4v) is 2.42. The van der Waals surface area contributed by atoms with Crippen molar-refractivity contribution in [1.82, 2.24) is 5.32 Å². The summed E-state index contributed by atoms with van der Waals surface area (Å²) in [7, 11) is 0. The van der Waals surface area contributed by atoms with Gasteiger partial charge < -0.3 is 11.1 Å². The molecule has 0 heterocycles. The number of carbonyl (C=O) groups is 1. The normalized spacial score (nSPS) is 14.4. The monoisotopic (exact) mass is 270 g/mol. The third-order valence-electron chi connectivity index (χ3n) is 3.78. The summed E-state index contributed by atoms with van der Waals surface area (Å²) >= 11 is 0. The summed E-state index contributed by atoms with van der Waals surface area (Å²) < 4.78 is 0. The van der Waals surface area contributed by atoms with Crippen LogP contribution in [0.2, 0.25) is 0 Å². The van der Waals surface area contributed by atoms with Gasteiger partial charge in [0.2, 0.25) is 5.91 Å². The van der Waals surface area contributed by atoms with Gasteiger partial charge in [-0.2, -0.15) is 0 Å². The highest BCUT2D eigenvalue weighted by Gasteiger charge is 2.23. The molecule has 0 radical (unpaired) electrons. The zero-order valence-corrected chi connectivity index (χ0v) is 13.4. The fourth-order valence-electron chi connectivity index (χ4n) is 2.42. The van der Waals surface area contributed by atoms with Crippen LogP contribution in [-0.2, 0) is 4.79 Å². The van der Waals surface area contributed by atoms with Gasteiger partial charge >= 0.3 is 0 Å². The molecule has 114 valence electrons. The molecule has 3 N–H and O–H groups in total. The van der Waals surface area contributed by atoms with Crippen LogP contribution in [0.25, 0.3) is 0 Å². The molecular weight excluding hydrogens is 236 g/mol. The fraction of sp³-hybridized carbons (Fsp3) is 0.938. The second-order valence-electron chi connectivity index (χ2n) is 6.12. The predicted molar refractivity (Wildman–Crippen MR) is 82.9 cm³/mol. The average Bonchev–Trinajstić information content (AvgIpc) is 2.36. The first kappa shape index (κ1) is 18.4. The molecule has 2 unspecified atom stereocenters. The summed E-state index contributed by atoms with van der Waals surface area (Å²) in [6.45, 7) is 10.1. The molecule has 19 heavy (non-hydrogen) atoms. The van der Waals surface area contributed by atoms with E-state index in [0.717, 1.165) is 12.8 Å². The second kappa shape index (κ2) is 11.3. The van der Waals surface area contributed by atoms with Crippen LogP contribution < -0.4 is 11.1 Å². The first-order valence-electron chi connectivity index (χ1n) is 8.00. The number of carbonyl (C=O) groups excluding carboxylic acids is 1. The van der Waals surface area contributed by atoms with Crippen molar-refractivity contribution in [2.75, 3.05) is 13.1 Å². The summed E-state index contributed by atoms with van der Waals surface area (Å²) in [5.74, 6) is 1.41. The lowest BCUT2D eigenvalue weighted by Gasteiger charge is -2.23. The molecule has 1 amide bonds. The van der Waals surface area contributed by atoms with Gasteiger partial charge in [0.15, 0.2) is 0 Å². The van der Waals surface area contributed by atoms with Crippen LogP contribution in [0.3, 0.4) is 0 Å². The van der Waals surface area contributed by atoms with E-state index in [2.05, 4.69) is 33.0 Å². The Hall–Kier alpha value is -0.570. The third-order valence-corrected chi connectivity index (χ3v) is 3.78. The molecule has 0 aromatic carbocycles. The lowest BCUT2D eigenvalue weighted by atomic mass is 9.84. The zero-order valence-electron chi connectivity index (χ0n) is 13.4. The summed E-state index contributed by atoms with van der Waals surface area (Å²) in [6, 6.07) is 0. The standard InChI is InChI=1S/C16H34N2O/c1-5-6-7-9-14(4)12-15(13(2)3)16(19)18-11-8-10-17/h13-15H,5-12,17H2,1-4H3,(H,18,19). The maximum Gasteiger partial charge on any atom is 0.223 e. The molecule has 0 spiro atoms. The van der Waals surface area contributed by atoms with E-state index in [4.69, 9.17) is 5.73 Å². The van der Waals surface area contributed by atoms with E-state index in [9.17, 15) is 4.79 Å². The molecule has 0 aliphatic heterocycles. The minimum absolute atomic E-state index is 0.148. The van der Waals surface area contributed by atoms with Gasteiger partial charge in [0.1, 0.15) is 0 Å². The third kappa shape index (κ3) is 9.04. The van der Waals surface area contributed by atoms with Crippen molar-refractivity contribution in [3.63, 3.8) is 0 Å². The molecule has 0 fully saturated rings. The van der Waals surface area contributed by atoms with Crippen molar-refractivity contribution in [2.24, 2.45) is 23.5 Å². The Labute approximate surface area is 119 Å². The van der Waals surface area contributed by atoms with Crippen molar-refractivity contribution in [2.45, 2.75) is 66.2 Å². The van der Waals surface area contributed by atoms with Crippen LogP contribution in [0, 0.1) is 17.8 Å². The largest absolute Gasteiger partial charge is 0.356 e.